The Morgan fingerprint density at radius 1 is 0.962 bits per heavy atom. The summed E-state index contributed by atoms with van der Waals surface area (Å²) in [5.74, 6) is 1.53. The molecule has 0 bridgehead atoms. The number of aromatic nitrogens is 2. The van der Waals surface area contributed by atoms with E-state index in [1.807, 2.05) is 20.8 Å². The summed E-state index contributed by atoms with van der Waals surface area (Å²) < 4.78 is 15.9. The number of methoxy groups -OCH3 is 3. The highest BCUT2D eigenvalue weighted by atomic mass is 16.5. The fourth-order valence-corrected chi connectivity index (χ4v) is 2.28. The minimum atomic E-state index is -0.376. The Hall–Kier alpha value is -3.03. The minimum Gasteiger partial charge on any atom is -0.493 e. The maximum absolute atomic E-state index is 12.5. The van der Waals surface area contributed by atoms with Crippen molar-refractivity contribution < 1.29 is 19.0 Å². The van der Waals surface area contributed by atoms with Crippen LogP contribution in [0.3, 0.4) is 0 Å². The minimum absolute atomic E-state index is 0.182. The van der Waals surface area contributed by atoms with Crippen molar-refractivity contribution in [2.75, 3.05) is 32.0 Å². The van der Waals surface area contributed by atoms with Crippen LogP contribution in [0.25, 0.3) is 0 Å². The molecule has 0 aliphatic heterocycles. The molecule has 2 aromatic rings. The van der Waals surface area contributed by atoms with Gasteiger partial charge < -0.3 is 24.8 Å². The Bertz CT molecular complexity index is 762. The molecule has 0 unspecified atom stereocenters. The van der Waals surface area contributed by atoms with Crippen LogP contribution in [0, 0.1) is 0 Å². The third-order valence-electron chi connectivity index (χ3n) is 3.33. The highest BCUT2D eigenvalue weighted by Crippen LogP contribution is 2.40. The molecule has 0 fully saturated rings. The van der Waals surface area contributed by atoms with Gasteiger partial charge in [0.05, 0.1) is 21.3 Å². The van der Waals surface area contributed by atoms with Crippen LogP contribution in [-0.4, -0.2) is 42.7 Å². The van der Waals surface area contributed by atoms with Crippen molar-refractivity contribution in [3.63, 3.8) is 0 Å². The standard InChI is InChI=1S/C18H24N4O4/c1-18(2,3)22-15-9-12(19-10-20-15)17(23)21-11-7-13(24-4)16(26-6)14(8-11)25-5/h7-10H,1-6H3,(H,21,23)(H,19,20,22). The molecule has 8 heteroatoms. The molecule has 0 radical (unpaired) electrons. The maximum Gasteiger partial charge on any atom is 0.274 e. The summed E-state index contributed by atoms with van der Waals surface area (Å²) in [4.78, 5) is 20.7. The third kappa shape index (κ3) is 4.75. The van der Waals surface area contributed by atoms with Crippen LogP contribution in [0.1, 0.15) is 31.3 Å². The number of benzene rings is 1. The van der Waals surface area contributed by atoms with E-state index in [1.165, 1.54) is 27.7 Å². The van der Waals surface area contributed by atoms with E-state index in [0.717, 1.165) is 0 Å². The molecule has 0 aliphatic carbocycles. The second kappa shape index (κ2) is 7.90. The summed E-state index contributed by atoms with van der Waals surface area (Å²) in [6, 6.07) is 4.89. The molecule has 1 aromatic heterocycles. The Balaban J connectivity index is 2.26. The van der Waals surface area contributed by atoms with Gasteiger partial charge in [0.25, 0.3) is 5.91 Å². The first-order valence-corrected chi connectivity index (χ1v) is 7.99. The molecule has 0 atom stereocenters. The monoisotopic (exact) mass is 360 g/mol. The van der Waals surface area contributed by atoms with E-state index in [2.05, 4.69) is 20.6 Å². The predicted octanol–water partition coefficient (Wildman–Crippen LogP) is 2.97. The number of nitrogens with zero attached hydrogens (tertiary/aromatic N) is 2. The highest BCUT2D eigenvalue weighted by molar-refractivity contribution is 6.03. The average Bonchev–Trinajstić information content (AvgIpc) is 2.59. The molecular weight excluding hydrogens is 336 g/mol. The van der Waals surface area contributed by atoms with Gasteiger partial charge in [-0.1, -0.05) is 0 Å². The van der Waals surface area contributed by atoms with Gasteiger partial charge in [-0.15, -0.1) is 0 Å². The zero-order valence-electron chi connectivity index (χ0n) is 15.8. The van der Waals surface area contributed by atoms with E-state index in [0.29, 0.717) is 28.8 Å². The summed E-state index contributed by atoms with van der Waals surface area (Å²) in [7, 11) is 4.54. The lowest BCUT2D eigenvalue weighted by Crippen LogP contribution is -2.27. The molecule has 8 nitrogen and oxygen atoms in total. The van der Waals surface area contributed by atoms with Crippen molar-refractivity contribution >= 4 is 17.4 Å². The second-order valence-electron chi connectivity index (χ2n) is 6.53. The number of hydrogen-bond donors (Lipinski definition) is 2. The average molecular weight is 360 g/mol. The van der Waals surface area contributed by atoms with Gasteiger partial charge in [0.15, 0.2) is 11.5 Å². The van der Waals surface area contributed by atoms with Crippen LogP contribution in [0.15, 0.2) is 24.5 Å². The molecule has 0 saturated heterocycles. The van der Waals surface area contributed by atoms with Crippen LogP contribution in [0.5, 0.6) is 17.2 Å². The zero-order chi connectivity index (χ0) is 19.3. The summed E-state index contributed by atoms with van der Waals surface area (Å²) in [5.41, 5.74) is 0.549. The molecule has 1 aromatic carbocycles. The second-order valence-corrected chi connectivity index (χ2v) is 6.53. The number of rotatable bonds is 6. The molecule has 0 saturated carbocycles. The SMILES string of the molecule is COc1cc(NC(=O)c2cc(NC(C)(C)C)ncn2)cc(OC)c1OC. The van der Waals surface area contributed by atoms with Crippen LogP contribution in [0.2, 0.25) is 0 Å². The van der Waals surface area contributed by atoms with Crippen molar-refractivity contribution in [2.24, 2.45) is 0 Å². The predicted molar refractivity (Wildman–Crippen MR) is 99.5 cm³/mol. The number of hydrogen-bond acceptors (Lipinski definition) is 7. The molecular formula is C18H24N4O4. The number of nitrogens with one attached hydrogen (secondary N) is 2. The van der Waals surface area contributed by atoms with E-state index >= 15 is 0 Å². The van der Waals surface area contributed by atoms with Crippen LogP contribution in [-0.2, 0) is 0 Å². The van der Waals surface area contributed by atoms with Gasteiger partial charge in [-0.2, -0.15) is 0 Å². The molecule has 2 rings (SSSR count). The zero-order valence-corrected chi connectivity index (χ0v) is 15.8. The fraction of sp³-hybridized carbons (Fsp3) is 0.389. The lowest BCUT2D eigenvalue weighted by Gasteiger charge is -2.21. The van der Waals surface area contributed by atoms with Crippen LogP contribution >= 0.6 is 0 Å². The fourth-order valence-electron chi connectivity index (χ4n) is 2.28. The maximum atomic E-state index is 12.5. The Morgan fingerprint density at radius 2 is 1.58 bits per heavy atom. The quantitative estimate of drug-likeness (QED) is 0.818. The van der Waals surface area contributed by atoms with Crippen molar-refractivity contribution in [1.82, 2.24) is 9.97 Å². The van der Waals surface area contributed by atoms with E-state index < -0.39 is 0 Å². The number of ether oxygens (including phenoxy) is 3. The van der Waals surface area contributed by atoms with Gasteiger partial charge in [-0.25, -0.2) is 9.97 Å². The summed E-state index contributed by atoms with van der Waals surface area (Å²) in [6.45, 7) is 6.01. The number of carbonyl (C=O) groups is 1. The lowest BCUT2D eigenvalue weighted by molar-refractivity contribution is 0.102. The summed E-state index contributed by atoms with van der Waals surface area (Å²) in [5, 5.41) is 5.98. The van der Waals surface area contributed by atoms with E-state index in [9.17, 15) is 4.79 Å². The van der Waals surface area contributed by atoms with Gasteiger partial charge >= 0.3 is 0 Å². The van der Waals surface area contributed by atoms with Crippen LogP contribution < -0.4 is 24.8 Å². The third-order valence-corrected chi connectivity index (χ3v) is 3.33. The Labute approximate surface area is 152 Å². The first kappa shape index (κ1) is 19.3. The Morgan fingerprint density at radius 3 is 2.08 bits per heavy atom. The number of anilines is 2. The molecule has 26 heavy (non-hydrogen) atoms. The molecule has 2 N–H and O–H groups in total. The molecule has 140 valence electrons. The molecule has 0 spiro atoms. The first-order valence-electron chi connectivity index (χ1n) is 7.99. The first-order chi connectivity index (χ1) is 12.3. The van der Waals surface area contributed by atoms with E-state index in [-0.39, 0.29) is 17.1 Å². The van der Waals surface area contributed by atoms with E-state index in [1.54, 1.807) is 18.2 Å². The van der Waals surface area contributed by atoms with Crippen molar-refractivity contribution in [3.05, 3.63) is 30.2 Å². The van der Waals surface area contributed by atoms with Gasteiger partial charge in [-0.05, 0) is 20.8 Å². The van der Waals surface area contributed by atoms with E-state index in [4.69, 9.17) is 14.2 Å². The van der Waals surface area contributed by atoms with Gasteiger partial charge in [0, 0.05) is 29.4 Å². The van der Waals surface area contributed by atoms with Gasteiger partial charge in [0.1, 0.15) is 17.8 Å². The summed E-state index contributed by atoms with van der Waals surface area (Å²) in [6.07, 6.45) is 1.35. The normalized spacial score (nSPS) is 10.8. The topological polar surface area (TPSA) is 94.6 Å². The van der Waals surface area contributed by atoms with Crippen molar-refractivity contribution in [3.8, 4) is 17.2 Å². The van der Waals surface area contributed by atoms with Crippen molar-refractivity contribution in [2.45, 2.75) is 26.3 Å². The lowest BCUT2D eigenvalue weighted by atomic mass is 10.1. The van der Waals surface area contributed by atoms with Gasteiger partial charge in [0.2, 0.25) is 5.75 Å². The molecule has 1 heterocycles. The molecule has 0 aliphatic rings. The largest absolute Gasteiger partial charge is 0.493 e. The number of amides is 1. The highest BCUT2D eigenvalue weighted by Gasteiger charge is 2.17. The smallest absolute Gasteiger partial charge is 0.274 e. The van der Waals surface area contributed by atoms with Crippen LogP contribution in [0.4, 0.5) is 11.5 Å². The number of carbonyl (C=O) groups excluding carboxylic acids is 1. The summed E-state index contributed by atoms with van der Waals surface area (Å²) >= 11 is 0. The van der Waals surface area contributed by atoms with Crippen molar-refractivity contribution in [1.29, 1.82) is 0 Å². The van der Waals surface area contributed by atoms with Gasteiger partial charge in [-0.3, -0.25) is 4.79 Å². The Kier molecular flexibility index (Phi) is 5.86. The molecule has 1 amide bonds.